The molecule has 3 aromatic carbocycles. The highest BCUT2D eigenvalue weighted by Gasteiger charge is 2.41. The van der Waals surface area contributed by atoms with Crippen LogP contribution in [0.1, 0.15) is 35.3 Å². The zero-order valence-corrected chi connectivity index (χ0v) is 20.5. The van der Waals surface area contributed by atoms with Gasteiger partial charge in [0.1, 0.15) is 6.04 Å². The third kappa shape index (κ3) is 4.19. The molecule has 4 aromatic rings. The number of carbonyl (C=O) groups excluding carboxylic acids is 3. The summed E-state index contributed by atoms with van der Waals surface area (Å²) < 4.78 is 17.7. The molecule has 0 saturated heterocycles. The van der Waals surface area contributed by atoms with Crippen molar-refractivity contribution in [3.63, 3.8) is 0 Å². The first-order valence-electron chi connectivity index (χ1n) is 12.3. The van der Waals surface area contributed by atoms with Crippen molar-refractivity contribution in [3.8, 4) is 11.5 Å². The first-order chi connectivity index (χ1) is 18.5. The van der Waals surface area contributed by atoms with E-state index in [1.807, 2.05) is 47.0 Å². The Morgan fingerprint density at radius 1 is 1.05 bits per heavy atom. The van der Waals surface area contributed by atoms with Gasteiger partial charge in [0.25, 0.3) is 5.91 Å². The van der Waals surface area contributed by atoms with Crippen molar-refractivity contribution in [1.82, 2.24) is 9.55 Å². The fourth-order valence-corrected chi connectivity index (χ4v) is 4.76. The van der Waals surface area contributed by atoms with Crippen LogP contribution in [0.15, 0.2) is 66.7 Å². The highest BCUT2D eigenvalue weighted by atomic mass is 16.7. The quantitative estimate of drug-likeness (QED) is 0.372. The van der Waals surface area contributed by atoms with E-state index in [-0.39, 0.29) is 38.2 Å². The van der Waals surface area contributed by atoms with Crippen LogP contribution in [0.2, 0.25) is 0 Å². The van der Waals surface area contributed by atoms with E-state index >= 15 is 0 Å². The monoisotopic (exact) mass is 512 g/mol. The second kappa shape index (κ2) is 9.55. The smallest absolute Gasteiger partial charge is 0.338 e. The largest absolute Gasteiger partial charge is 0.462 e. The number of esters is 1. The van der Waals surface area contributed by atoms with Crippen LogP contribution in [0.3, 0.4) is 0 Å². The van der Waals surface area contributed by atoms with Crippen LogP contribution in [0, 0.1) is 0 Å². The average Bonchev–Trinajstić information content (AvgIpc) is 3.60. The Hall–Kier alpha value is -4.86. The first-order valence-corrected chi connectivity index (χ1v) is 12.3. The van der Waals surface area contributed by atoms with Gasteiger partial charge in [-0.2, -0.15) is 0 Å². The number of rotatable bonds is 7. The number of benzene rings is 3. The zero-order valence-electron chi connectivity index (χ0n) is 20.5. The van der Waals surface area contributed by atoms with E-state index in [0.717, 1.165) is 16.6 Å². The molecule has 0 radical (unpaired) electrons. The van der Waals surface area contributed by atoms with Crippen molar-refractivity contribution in [3.05, 3.63) is 77.9 Å². The fourth-order valence-electron chi connectivity index (χ4n) is 4.76. The summed E-state index contributed by atoms with van der Waals surface area (Å²) in [6.07, 6.45) is -0.0799. The normalized spacial score (nSPS) is 15.6. The molecule has 2 aliphatic heterocycles. The maximum atomic E-state index is 13.7. The number of ether oxygens (including phenoxy) is 3. The van der Waals surface area contributed by atoms with Crippen molar-refractivity contribution >= 4 is 40.5 Å². The lowest BCUT2D eigenvalue weighted by Gasteiger charge is -2.16. The Bertz CT molecular complexity index is 1560. The Labute approximate surface area is 217 Å². The van der Waals surface area contributed by atoms with E-state index in [9.17, 15) is 14.4 Å². The van der Waals surface area contributed by atoms with Gasteiger partial charge in [-0.25, -0.2) is 9.78 Å². The van der Waals surface area contributed by atoms with Crippen LogP contribution in [0.25, 0.3) is 11.0 Å². The van der Waals surface area contributed by atoms with Gasteiger partial charge in [0.15, 0.2) is 11.5 Å². The SMILES string of the molecule is CCOC(=O)c1ccc(NC(=O)CC2C(=O)N(Cc3ccc4c(c3)OCO4)c3nc4ccccc4n32)cc1. The lowest BCUT2D eigenvalue weighted by atomic mass is 10.1. The van der Waals surface area contributed by atoms with E-state index in [1.165, 1.54) is 0 Å². The van der Waals surface area contributed by atoms with Gasteiger partial charge in [-0.05, 0) is 61.0 Å². The molecule has 10 nitrogen and oxygen atoms in total. The van der Waals surface area contributed by atoms with Gasteiger partial charge in [0, 0.05) is 5.69 Å². The predicted octanol–water partition coefficient (Wildman–Crippen LogP) is 4.06. The van der Waals surface area contributed by atoms with E-state index < -0.39 is 12.0 Å². The summed E-state index contributed by atoms with van der Waals surface area (Å²) in [7, 11) is 0. The van der Waals surface area contributed by atoms with Crippen LogP contribution < -0.4 is 19.7 Å². The van der Waals surface area contributed by atoms with Crippen LogP contribution in [-0.4, -0.2) is 40.7 Å². The van der Waals surface area contributed by atoms with Crippen LogP contribution in [0.5, 0.6) is 11.5 Å². The molecule has 0 saturated carbocycles. The summed E-state index contributed by atoms with van der Waals surface area (Å²) in [4.78, 5) is 44.9. The number of nitrogens with one attached hydrogen (secondary N) is 1. The Morgan fingerprint density at radius 3 is 2.66 bits per heavy atom. The average molecular weight is 513 g/mol. The highest BCUT2D eigenvalue weighted by molar-refractivity contribution is 6.05. The third-order valence-electron chi connectivity index (χ3n) is 6.52. The lowest BCUT2D eigenvalue weighted by Crippen LogP contribution is -2.31. The molecule has 0 bridgehead atoms. The zero-order chi connectivity index (χ0) is 26.2. The van der Waals surface area contributed by atoms with Crippen molar-refractivity contribution in [2.24, 2.45) is 0 Å². The minimum Gasteiger partial charge on any atom is -0.462 e. The van der Waals surface area contributed by atoms with Gasteiger partial charge in [0.05, 0.1) is 36.2 Å². The topological polar surface area (TPSA) is 112 Å². The number of nitrogens with zero attached hydrogens (tertiary/aromatic N) is 3. The maximum Gasteiger partial charge on any atom is 0.338 e. The third-order valence-corrected chi connectivity index (χ3v) is 6.52. The standard InChI is InChI=1S/C28H24N4O6/c1-2-36-27(35)18-8-10-19(11-9-18)29-25(33)14-22-26(34)31(15-17-7-12-23-24(13-17)38-16-37-23)28-30-20-5-3-4-6-21(20)32(22)28/h3-13,22H,2,14-16H2,1H3,(H,29,33). The molecular formula is C28H24N4O6. The van der Waals surface area contributed by atoms with E-state index in [4.69, 9.17) is 19.2 Å². The molecule has 0 fully saturated rings. The fraction of sp³-hybridized carbons (Fsp3) is 0.214. The number of hydrogen-bond acceptors (Lipinski definition) is 7. The molecule has 0 aliphatic carbocycles. The summed E-state index contributed by atoms with van der Waals surface area (Å²) in [6, 6.07) is 18.8. The number of amides is 2. The molecule has 6 rings (SSSR count). The van der Waals surface area contributed by atoms with E-state index in [1.54, 1.807) is 36.1 Å². The summed E-state index contributed by atoms with van der Waals surface area (Å²) in [6.45, 7) is 2.46. The summed E-state index contributed by atoms with van der Waals surface area (Å²) >= 11 is 0. The number of imidazole rings is 1. The van der Waals surface area contributed by atoms with Crippen LogP contribution in [-0.2, 0) is 20.9 Å². The molecule has 3 heterocycles. The molecular weight excluding hydrogens is 488 g/mol. The molecule has 38 heavy (non-hydrogen) atoms. The summed E-state index contributed by atoms with van der Waals surface area (Å²) in [5.41, 5.74) is 3.28. The van der Waals surface area contributed by atoms with Gasteiger partial charge < -0.3 is 19.5 Å². The molecule has 192 valence electrons. The second-order valence-electron chi connectivity index (χ2n) is 8.95. The van der Waals surface area contributed by atoms with Gasteiger partial charge in [-0.1, -0.05) is 18.2 Å². The Morgan fingerprint density at radius 2 is 1.84 bits per heavy atom. The number of aromatic nitrogens is 2. The number of fused-ring (bicyclic) bond motifs is 4. The Kier molecular flexibility index (Phi) is 5.91. The van der Waals surface area contributed by atoms with Crippen molar-refractivity contribution in [2.45, 2.75) is 25.9 Å². The van der Waals surface area contributed by atoms with Gasteiger partial charge >= 0.3 is 5.97 Å². The van der Waals surface area contributed by atoms with Crippen molar-refractivity contribution in [2.75, 3.05) is 23.6 Å². The number of carbonyl (C=O) groups is 3. The van der Waals surface area contributed by atoms with Crippen molar-refractivity contribution in [1.29, 1.82) is 0 Å². The number of hydrogen-bond donors (Lipinski definition) is 1. The molecule has 0 spiro atoms. The predicted molar refractivity (Wildman–Crippen MR) is 138 cm³/mol. The molecule has 2 amide bonds. The van der Waals surface area contributed by atoms with E-state index in [0.29, 0.717) is 28.7 Å². The van der Waals surface area contributed by atoms with Crippen LogP contribution >= 0.6 is 0 Å². The molecule has 1 aromatic heterocycles. The maximum absolute atomic E-state index is 13.7. The Balaban J connectivity index is 1.24. The number of para-hydroxylation sites is 2. The van der Waals surface area contributed by atoms with Gasteiger partial charge in [-0.3, -0.25) is 19.1 Å². The first kappa shape index (κ1) is 23.5. The summed E-state index contributed by atoms with van der Waals surface area (Å²) in [5, 5.41) is 2.83. The van der Waals surface area contributed by atoms with Crippen LogP contribution in [0.4, 0.5) is 11.6 Å². The summed E-state index contributed by atoms with van der Waals surface area (Å²) in [5.74, 6) is 0.810. The molecule has 1 atom stereocenters. The minimum absolute atomic E-state index is 0.0799. The van der Waals surface area contributed by atoms with E-state index in [2.05, 4.69) is 5.32 Å². The van der Waals surface area contributed by atoms with Gasteiger partial charge in [-0.15, -0.1) is 0 Å². The molecule has 10 heteroatoms. The molecule has 2 aliphatic rings. The van der Waals surface area contributed by atoms with Gasteiger partial charge in [0.2, 0.25) is 18.6 Å². The molecule has 1 N–H and O–H groups in total. The van der Waals surface area contributed by atoms with Crippen molar-refractivity contribution < 1.29 is 28.6 Å². The highest BCUT2D eigenvalue weighted by Crippen LogP contribution is 2.39. The molecule has 1 unspecified atom stereocenters. The number of anilines is 2. The second-order valence-corrected chi connectivity index (χ2v) is 8.95. The minimum atomic E-state index is -0.759. The lowest BCUT2D eigenvalue weighted by molar-refractivity contribution is -0.124.